The van der Waals surface area contributed by atoms with Crippen LogP contribution in [0.5, 0.6) is 0 Å². The number of rotatable bonds is 8. The summed E-state index contributed by atoms with van der Waals surface area (Å²) in [5.74, 6) is 0.681. The largest absolute Gasteiger partial charge is 0.466 e. The van der Waals surface area contributed by atoms with Gasteiger partial charge in [0.2, 0.25) is 0 Å². The fourth-order valence-corrected chi connectivity index (χ4v) is 3.36. The van der Waals surface area contributed by atoms with Crippen LogP contribution in [0, 0.1) is 11.2 Å². The highest BCUT2D eigenvalue weighted by atomic mass is 35.5. The fraction of sp³-hybridized carbons (Fsp3) is 0.391. The van der Waals surface area contributed by atoms with E-state index in [1.54, 1.807) is 45.0 Å². The van der Waals surface area contributed by atoms with E-state index in [1.165, 1.54) is 7.11 Å². The molecule has 0 radical (unpaired) electrons. The lowest BCUT2D eigenvalue weighted by Crippen LogP contribution is -2.35. The first-order valence-electron chi connectivity index (χ1n) is 9.92. The van der Waals surface area contributed by atoms with Crippen molar-refractivity contribution in [3.63, 3.8) is 0 Å². The number of ether oxygens (including phenoxy) is 3. The number of esters is 2. The summed E-state index contributed by atoms with van der Waals surface area (Å²) in [5.41, 5.74) is 7.70. The van der Waals surface area contributed by atoms with Gasteiger partial charge in [-0.2, -0.15) is 0 Å². The van der Waals surface area contributed by atoms with Crippen molar-refractivity contribution in [2.45, 2.75) is 26.7 Å². The number of thiol groups is 1. The molecule has 1 aromatic carbocycles. The second-order valence-electron chi connectivity index (χ2n) is 6.43. The van der Waals surface area contributed by atoms with Crippen LogP contribution < -0.4 is 11.1 Å². The molecule has 0 saturated heterocycles. The standard InChI is InChI=1S/C20H25ClN2O5.C3H4S.3H2O/c1-4-28-20(25)18-15(11-27-10-9-22)23-12(2)16(19(24)26-3)17(18)13-7-5-6-8-14(13)21;1-2-3-4;;;/h5-8,17,23H,4,9-11,22H2,1-3H3;4H,1H3;3*1H2. The van der Waals surface area contributed by atoms with Crippen LogP contribution in [-0.2, 0) is 23.8 Å². The minimum absolute atomic E-state index is 0. The Balaban J connectivity index is -0.00000136. The summed E-state index contributed by atoms with van der Waals surface area (Å²) < 4.78 is 15.8. The molecule has 1 unspecified atom stereocenters. The molecule has 2 rings (SSSR count). The second kappa shape index (κ2) is 19.7. The lowest BCUT2D eigenvalue weighted by atomic mass is 9.80. The summed E-state index contributed by atoms with van der Waals surface area (Å²) in [6.45, 7) is 6.16. The van der Waals surface area contributed by atoms with Gasteiger partial charge < -0.3 is 41.7 Å². The van der Waals surface area contributed by atoms with E-state index in [1.807, 2.05) is 0 Å². The number of nitrogens with two attached hydrogens (primary N) is 1. The minimum atomic E-state index is -0.752. The van der Waals surface area contributed by atoms with Crippen LogP contribution >= 0.6 is 24.2 Å². The van der Waals surface area contributed by atoms with Crippen molar-refractivity contribution < 1.29 is 40.2 Å². The highest BCUT2D eigenvalue weighted by molar-refractivity contribution is 7.85. The molecular weight excluding hydrogens is 500 g/mol. The number of carbonyl (C=O) groups is 2. The zero-order valence-corrected chi connectivity index (χ0v) is 21.8. The summed E-state index contributed by atoms with van der Waals surface area (Å²) >= 11 is 9.98. The quantitative estimate of drug-likeness (QED) is 0.189. The summed E-state index contributed by atoms with van der Waals surface area (Å²) in [4.78, 5) is 25.5. The van der Waals surface area contributed by atoms with Crippen LogP contribution in [0.2, 0.25) is 5.02 Å². The van der Waals surface area contributed by atoms with Crippen LogP contribution in [0.1, 0.15) is 32.3 Å². The first kappa shape index (κ1) is 37.0. The van der Waals surface area contributed by atoms with Crippen molar-refractivity contribution in [2.75, 3.05) is 33.5 Å². The maximum absolute atomic E-state index is 12.9. The van der Waals surface area contributed by atoms with E-state index >= 15 is 0 Å². The van der Waals surface area contributed by atoms with E-state index < -0.39 is 17.9 Å². The van der Waals surface area contributed by atoms with Gasteiger partial charge in [-0.1, -0.05) is 48.3 Å². The molecule has 0 fully saturated rings. The number of hydrogen-bond acceptors (Lipinski definition) is 8. The molecular formula is C23H35ClN2O8S. The summed E-state index contributed by atoms with van der Waals surface area (Å²) in [7, 11) is 1.29. The van der Waals surface area contributed by atoms with Crippen LogP contribution in [0.25, 0.3) is 0 Å². The van der Waals surface area contributed by atoms with Crippen LogP contribution in [0.4, 0.5) is 0 Å². The Hall–Kier alpha value is -2.56. The normalized spacial score (nSPS) is 13.7. The van der Waals surface area contributed by atoms with Gasteiger partial charge >= 0.3 is 11.9 Å². The number of methoxy groups -OCH3 is 1. The molecule has 35 heavy (non-hydrogen) atoms. The van der Waals surface area contributed by atoms with Crippen LogP contribution in [0.3, 0.4) is 0 Å². The smallest absolute Gasteiger partial charge is 0.336 e. The molecule has 0 spiro atoms. The van der Waals surface area contributed by atoms with Gasteiger partial charge in [0.15, 0.2) is 0 Å². The Labute approximate surface area is 216 Å². The number of benzene rings is 1. The molecule has 198 valence electrons. The predicted octanol–water partition coefficient (Wildman–Crippen LogP) is 0.689. The maximum Gasteiger partial charge on any atom is 0.336 e. The van der Waals surface area contributed by atoms with Gasteiger partial charge in [0, 0.05) is 17.3 Å². The summed E-state index contributed by atoms with van der Waals surface area (Å²) in [5, 5.41) is 5.90. The minimum Gasteiger partial charge on any atom is -0.466 e. The van der Waals surface area contributed by atoms with Crippen molar-refractivity contribution >= 4 is 36.2 Å². The highest BCUT2D eigenvalue weighted by Gasteiger charge is 2.39. The SMILES string of the molecule is CC#CS.CCOC(=O)C1=C(COCCN)NC(C)=C(C(=O)OC)C1c1ccccc1Cl.O.O.O. The Morgan fingerprint density at radius 2 is 1.77 bits per heavy atom. The fourth-order valence-electron chi connectivity index (χ4n) is 3.12. The Morgan fingerprint density at radius 1 is 1.17 bits per heavy atom. The van der Waals surface area contributed by atoms with E-state index in [2.05, 4.69) is 29.1 Å². The van der Waals surface area contributed by atoms with Gasteiger partial charge in [0.05, 0.1) is 49.7 Å². The molecule has 12 heteroatoms. The number of allylic oxidation sites excluding steroid dienone is 1. The molecule has 9 N–H and O–H groups in total. The monoisotopic (exact) mass is 534 g/mol. The van der Waals surface area contributed by atoms with Gasteiger partial charge in [-0.05, 0) is 37.7 Å². The van der Waals surface area contributed by atoms with E-state index in [4.69, 9.17) is 31.5 Å². The van der Waals surface area contributed by atoms with Crippen molar-refractivity contribution in [1.82, 2.24) is 5.32 Å². The molecule has 1 aliphatic rings. The topological polar surface area (TPSA) is 194 Å². The summed E-state index contributed by atoms with van der Waals surface area (Å²) in [6, 6.07) is 7.05. The number of carbonyl (C=O) groups excluding carboxylic acids is 2. The molecule has 1 heterocycles. The molecule has 0 aromatic heterocycles. The number of dihydropyridines is 1. The Bertz CT molecular complexity index is 935. The molecule has 0 bridgehead atoms. The van der Waals surface area contributed by atoms with Crippen LogP contribution in [0.15, 0.2) is 46.8 Å². The average molecular weight is 535 g/mol. The van der Waals surface area contributed by atoms with Gasteiger partial charge in [0.1, 0.15) is 0 Å². The zero-order chi connectivity index (χ0) is 24.1. The molecule has 0 amide bonds. The molecule has 0 saturated carbocycles. The zero-order valence-electron chi connectivity index (χ0n) is 20.2. The first-order chi connectivity index (χ1) is 15.4. The molecule has 10 nitrogen and oxygen atoms in total. The van der Waals surface area contributed by atoms with Gasteiger partial charge in [0.25, 0.3) is 0 Å². The highest BCUT2D eigenvalue weighted by Crippen LogP contribution is 2.41. The third-order valence-electron chi connectivity index (χ3n) is 4.38. The third-order valence-corrected chi connectivity index (χ3v) is 4.95. The average Bonchev–Trinajstić information content (AvgIpc) is 2.79. The van der Waals surface area contributed by atoms with Crippen molar-refractivity contribution in [3.05, 3.63) is 57.4 Å². The van der Waals surface area contributed by atoms with E-state index in [9.17, 15) is 9.59 Å². The van der Waals surface area contributed by atoms with Crippen molar-refractivity contribution in [1.29, 1.82) is 0 Å². The third kappa shape index (κ3) is 10.3. The van der Waals surface area contributed by atoms with Crippen LogP contribution in [-0.4, -0.2) is 61.8 Å². The maximum atomic E-state index is 12.9. The molecule has 1 atom stereocenters. The number of halogens is 1. The van der Waals surface area contributed by atoms with Crippen molar-refractivity contribution in [3.8, 4) is 11.2 Å². The van der Waals surface area contributed by atoms with E-state index in [-0.39, 0.29) is 35.2 Å². The predicted molar refractivity (Wildman–Crippen MR) is 139 cm³/mol. The van der Waals surface area contributed by atoms with E-state index in [0.29, 0.717) is 40.7 Å². The van der Waals surface area contributed by atoms with E-state index in [0.717, 1.165) is 0 Å². The molecule has 1 aromatic rings. The lowest BCUT2D eigenvalue weighted by molar-refractivity contribution is -0.139. The van der Waals surface area contributed by atoms with Gasteiger partial charge in [-0.15, -0.1) is 0 Å². The Morgan fingerprint density at radius 3 is 2.26 bits per heavy atom. The second-order valence-corrected chi connectivity index (χ2v) is 7.06. The first-order valence-corrected chi connectivity index (χ1v) is 10.7. The van der Waals surface area contributed by atoms with Gasteiger partial charge in [-0.25, -0.2) is 9.59 Å². The van der Waals surface area contributed by atoms with Crippen molar-refractivity contribution in [2.24, 2.45) is 5.73 Å². The molecule has 0 aliphatic carbocycles. The lowest BCUT2D eigenvalue weighted by Gasteiger charge is -2.31. The summed E-state index contributed by atoms with van der Waals surface area (Å²) in [6.07, 6.45) is 0. The molecule has 1 aliphatic heterocycles. The number of hydrogen-bond donors (Lipinski definition) is 3. The number of nitrogens with one attached hydrogen (secondary N) is 1. The van der Waals surface area contributed by atoms with Gasteiger partial charge in [-0.3, -0.25) is 0 Å². The Kier molecular flexibility index (Phi) is 20.8.